The first-order chi connectivity index (χ1) is 8.31. The van der Waals surface area contributed by atoms with Crippen LogP contribution in [0.3, 0.4) is 0 Å². The molecule has 0 spiro atoms. The molecule has 0 unspecified atom stereocenters. The Morgan fingerprint density at radius 3 is 3.00 bits per heavy atom. The Morgan fingerprint density at radius 2 is 2.18 bits per heavy atom. The van der Waals surface area contributed by atoms with Crippen molar-refractivity contribution in [2.24, 2.45) is 0 Å². The number of imidazole rings is 1. The molecule has 3 rings (SSSR count). The SMILES string of the molecule is Nc1ccc2nc(Sc3cnccn3)[nH]c2c1. The number of nitrogen functional groups attached to an aromatic ring is 1. The van der Waals surface area contributed by atoms with Crippen LogP contribution >= 0.6 is 11.8 Å². The highest BCUT2D eigenvalue weighted by molar-refractivity contribution is 7.99. The Bertz CT molecular complexity index is 649. The Morgan fingerprint density at radius 1 is 1.24 bits per heavy atom. The predicted molar refractivity (Wildman–Crippen MR) is 66.7 cm³/mol. The second-order valence-electron chi connectivity index (χ2n) is 3.46. The summed E-state index contributed by atoms with van der Waals surface area (Å²) in [6.07, 6.45) is 5.00. The molecule has 3 N–H and O–H groups in total. The van der Waals surface area contributed by atoms with Crippen molar-refractivity contribution in [3.05, 3.63) is 36.8 Å². The number of hydrogen-bond donors (Lipinski definition) is 2. The normalized spacial score (nSPS) is 10.8. The van der Waals surface area contributed by atoms with Gasteiger partial charge in [0.05, 0.1) is 17.2 Å². The topological polar surface area (TPSA) is 80.5 Å². The molecule has 2 aromatic heterocycles. The number of rotatable bonds is 2. The highest BCUT2D eigenvalue weighted by Crippen LogP contribution is 2.25. The number of benzene rings is 1. The number of aromatic nitrogens is 4. The first-order valence-electron chi connectivity index (χ1n) is 5.00. The van der Waals surface area contributed by atoms with E-state index in [1.807, 2.05) is 18.2 Å². The number of nitrogens with zero attached hydrogens (tertiary/aromatic N) is 3. The van der Waals surface area contributed by atoms with Gasteiger partial charge in [-0.25, -0.2) is 9.97 Å². The first-order valence-corrected chi connectivity index (χ1v) is 5.82. The van der Waals surface area contributed by atoms with Gasteiger partial charge in [0.15, 0.2) is 5.16 Å². The fraction of sp³-hybridized carbons (Fsp3) is 0. The van der Waals surface area contributed by atoms with Crippen molar-refractivity contribution >= 4 is 28.5 Å². The lowest BCUT2D eigenvalue weighted by Crippen LogP contribution is -1.82. The molecule has 0 saturated carbocycles. The molecular formula is C11H9N5S. The van der Waals surface area contributed by atoms with Gasteiger partial charge in [0, 0.05) is 18.1 Å². The number of nitrogens with one attached hydrogen (secondary N) is 1. The third-order valence-corrected chi connectivity index (χ3v) is 3.03. The van der Waals surface area contributed by atoms with Crippen LogP contribution in [0.1, 0.15) is 0 Å². The lowest BCUT2D eigenvalue weighted by atomic mass is 10.3. The van der Waals surface area contributed by atoms with E-state index in [4.69, 9.17) is 5.73 Å². The van der Waals surface area contributed by atoms with Crippen LogP contribution < -0.4 is 5.73 Å². The van der Waals surface area contributed by atoms with Gasteiger partial charge in [0.25, 0.3) is 0 Å². The molecule has 84 valence electrons. The molecule has 0 radical (unpaired) electrons. The highest BCUT2D eigenvalue weighted by atomic mass is 32.2. The fourth-order valence-electron chi connectivity index (χ4n) is 1.49. The van der Waals surface area contributed by atoms with Gasteiger partial charge in [0.1, 0.15) is 5.03 Å². The quantitative estimate of drug-likeness (QED) is 0.673. The zero-order chi connectivity index (χ0) is 11.7. The summed E-state index contributed by atoms with van der Waals surface area (Å²) < 4.78 is 0. The zero-order valence-electron chi connectivity index (χ0n) is 8.79. The van der Waals surface area contributed by atoms with Gasteiger partial charge in [-0.05, 0) is 30.0 Å². The average Bonchev–Trinajstić information content (AvgIpc) is 2.71. The number of anilines is 1. The largest absolute Gasteiger partial charge is 0.399 e. The Hall–Kier alpha value is -2.08. The van der Waals surface area contributed by atoms with E-state index in [1.54, 1.807) is 18.6 Å². The van der Waals surface area contributed by atoms with Crippen LogP contribution in [0.2, 0.25) is 0 Å². The Balaban J connectivity index is 1.96. The van der Waals surface area contributed by atoms with Crippen molar-refractivity contribution in [2.45, 2.75) is 10.2 Å². The maximum absolute atomic E-state index is 5.71. The third-order valence-electron chi connectivity index (χ3n) is 2.22. The smallest absolute Gasteiger partial charge is 0.172 e. The molecule has 0 aliphatic heterocycles. The summed E-state index contributed by atoms with van der Waals surface area (Å²) in [7, 11) is 0. The summed E-state index contributed by atoms with van der Waals surface area (Å²) >= 11 is 1.44. The molecule has 0 bridgehead atoms. The molecule has 0 fully saturated rings. The Kier molecular flexibility index (Phi) is 2.41. The molecule has 6 heteroatoms. The monoisotopic (exact) mass is 243 g/mol. The molecule has 0 aliphatic rings. The summed E-state index contributed by atoms with van der Waals surface area (Å²) in [4.78, 5) is 15.8. The number of H-pyrrole nitrogens is 1. The van der Waals surface area contributed by atoms with Crippen LogP contribution in [-0.4, -0.2) is 19.9 Å². The maximum atomic E-state index is 5.71. The minimum atomic E-state index is 0.720. The summed E-state index contributed by atoms with van der Waals surface area (Å²) in [6, 6.07) is 5.59. The van der Waals surface area contributed by atoms with E-state index in [0.29, 0.717) is 0 Å². The number of aromatic amines is 1. The number of hydrogen-bond acceptors (Lipinski definition) is 5. The summed E-state index contributed by atoms with van der Waals surface area (Å²) in [5.74, 6) is 0. The van der Waals surface area contributed by atoms with E-state index >= 15 is 0 Å². The van der Waals surface area contributed by atoms with Crippen molar-refractivity contribution < 1.29 is 0 Å². The van der Waals surface area contributed by atoms with Gasteiger partial charge in [-0.15, -0.1) is 0 Å². The van der Waals surface area contributed by atoms with E-state index in [-0.39, 0.29) is 0 Å². The minimum Gasteiger partial charge on any atom is -0.399 e. The van der Waals surface area contributed by atoms with Gasteiger partial charge >= 0.3 is 0 Å². The van der Waals surface area contributed by atoms with Crippen molar-refractivity contribution in [3.63, 3.8) is 0 Å². The molecule has 0 amide bonds. The molecule has 0 atom stereocenters. The van der Waals surface area contributed by atoms with Gasteiger partial charge in [-0.1, -0.05) is 0 Å². The van der Waals surface area contributed by atoms with Crippen molar-refractivity contribution in [2.75, 3.05) is 5.73 Å². The molecule has 5 nitrogen and oxygen atoms in total. The third kappa shape index (κ3) is 2.07. The lowest BCUT2D eigenvalue weighted by Gasteiger charge is -1.93. The van der Waals surface area contributed by atoms with Gasteiger partial charge in [0.2, 0.25) is 0 Å². The van der Waals surface area contributed by atoms with Crippen molar-refractivity contribution in [1.82, 2.24) is 19.9 Å². The van der Waals surface area contributed by atoms with Crippen LogP contribution in [0.25, 0.3) is 11.0 Å². The summed E-state index contributed by atoms with van der Waals surface area (Å²) in [5, 5.41) is 1.59. The van der Waals surface area contributed by atoms with E-state index in [1.165, 1.54) is 11.8 Å². The van der Waals surface area contributed by atoms with Crippen LogP contribution in [0, 0.1) is 0 Å². The fourth-order valence-corrected chi connectivity index (χ4v) is 2.22. The molecule has 3 aromatic rings. The number of fused-ring (bicyclic) bond motifs is 1. The summed E-state index contributed by atoms with van der Waals surface area (Å²) in [5.41, 5.74) is 8.25. The van der Waals surface area contributed by atoms with Gasteiger partial charge in [-0.3, -0.25) is 4.98 Å². The number of nitrogens with two attached hydrogens (primary N) is 1. The van der Waals surface area contributed by atoms with E-state index in [0.717, 1.165) is 26.9 Å². The van der Waals surface area contributed by atoms with Crippen LogP contribution in [0.15, 0.2) is 47.0 Å². The Labute approximate surface area is 102 Å². The highest BCUT2D eigenvalue weighted by Gasteiger charge is 2.05. The minimum absolute atomic E-state index is 0.720. The van der Waals surface area contributed by atoms with Gasteiger partial charge in [-0.2, -0.15) is 0 Å². The van der Waals surface area contributed by atoms with Crippen molar-refractivity contribution in [1.29, 1.82) is 0 Å². The van der Waals surface area contributed by atoms with Crippen LogP contribution in [-0.2, 0) is 0 Å². The summed E-state index contributed by atoms with van der Waals surface area (Å²) in [6.45, 7) is 0. The first kappa shape index (κ1) is 10.1. The molecule has 2 heterocycles. The predicted octanol–water partition coefficient (Wildman–Crippen LogP) is 2.09. The second kappa shape index (κ2) is 4.06. The van der Waals surface area contributed by atoms with Crippen molar-refractivity contribution in [3.8, 4) is 0 Å². The molecular weight excluding hydrogens is 234 g/mol. The standard InChI is InChI=1S/C11H9N5S/c12-7-1-2-8-9(5-7)16-11(15-8)17-10-6-13-3-4-14-10/h1-6H,12H2,(H,15,16). The zero-order valence-corrected chi connectivity index (χ0v) is 9.61. The van der Waals surface area contributed by atoms with Crippen LogP contribution in [0.4, 0.5) is 5.69 Å². The average molecular weight is 243 g/mol. The second-order valence-corrected chi connectivity index (χ2v) is 4.47. The molecule has 0 saturated heterocycles. The van der Waals surface area contributed by atoms with Gasteiger partial charge < -0.3 is 10.7 Å². The molecule has 0 aliphatic carbocycles. The van der Waals surface area contributed by atoms with E-state index in [2.05, 4.69) is 19.9 Å². The maximum Gasteiger partial charge on any atom is 0.172 e. The molecule has 17 heavy (non-hydrogen) atoms. The van der Waals surface area contributed by atoms with E-state index in [9.17, 15) is 0 Å². The molecule has 1 aromatic carbocycles. The van der Waals surface area contributed by atoms with E-state index < -0.39 is 0 Å². The lowest BCUT2D eigenvalue weighted by molar-refractivity contribution is 1.03. The van der Waals surface area contributed by atoms with Crippen LogP contribution in [0.5, 0.6) is 0 Å².